The molecule has 2 rings (SSSR count). The number of carbonyl (C=O) groups is 1. The van der Waals surface area contributed by atoms with Crippen LogP contribution >= 0.6 is 0 Å². The molecule has 0 saturated carbocycles. The van der Waals surface area contributed by atoms with Crippen molar-refractivity contribution in [1.82, 2.24) is 9.97 Å². The second kappa shape index (κ2) is 5.07. The molecule has 1 N–H and O–H groups in total. The molecule has 92 valence electrons. The molecule has 1 atom stereocenters. The zero-order chi connectivity index (χ0) is 12.3. The Kier molecular flexibility index (Phi) is 3.51. The Balaban J connectivity index is 2.25. The first-order valence-corrected chi connectivity index (χ1v) is 5.65. The smallest absolute Gasteiger partial charge is 0.326 e. The SMILES string of the molecule is O=C(O)C1CCCCCN1c1ncc(F)cn1. The van der Waals surface area contributed by atoms with E-state index >= 15 is 0 Å². The van der Waals surface area contributed by atoms with Crippen molar-refractivity contribution in [3.8, 4) is 0 Å². The number of nitrogens with zero attached hydrogens (tertiary/aromatic N) is 3. The van der Waals surface area contributed by atoms with Crippen LogP contribution in [0, 0.1) is 5.82 Å². The molecule has 0 aliphatic carbocycles. The molecule has 6 heteroatoms. The zero-order valence-corrected chi connectivity index (χ0v) is 9.34. The second-order valence-electron chi connectivity index (χ2n) is 4.10. The number of carboxylic acid groups (broad SMARTS) is 1. The minimum atomic E-state index is -0.875. The van der Waals surface area contributed by atoms with Gasteiger partial charge in [-0.15, -0.1) is 0 Å². The summed E-state index contributed by atoms with van der Waals surface area (Å²) in [7, 11) is 0. The number of hydrogen-bond acceptors (Lipinski definition) is 4. The highest BCUT2D eigenvalue weighted by atomic mass is 19.1. The van der Waals surface area contributed by atoms with Crippen LogP contribution in [0.15, 0.2) is 12.4 Å². The van der Waals surface area contributed by atoms with Gasteiger partial charge in [0.15, 0.2) is 5.82 Å². The Labute approximate surface area is 98.3 Å². The van der Waals surface area contributed by atoms with Crippen LogP contribution in [0.3, 0.4) is 0 Å². The zero-order valence-electron chi connectivity index (χ0n) is 9.34. The molecule has 0 aromatic carbocycles. The molecule has 1 aliphatic rings. The maximum atomic E-state index is 12.7. The predicted molar refractivity (Wildman–Crippen MR) is 59.2 cm³/mol. The van der Waals surface area contributed by atoms with Crippen LogP contribution in [0.25, 0.3) is 0 Å². The number of hydrogen-bond donors (Lipinski definition) is 1. The van der Waals surface area contributed by atoms with E-state index in [-0.39, 0.29) is 0 Å². The van der Waals surface area contributed by atoms with Gasteiger partial charge in [0.25, 0.3) is 0 Å². The van der Waals surface area contributed by atoms with Gasteiger partial charge in [-0.2, -0.15) is 0 Å². The summed E-state index contributed by atoms with van der Waals surface area (Å²) in [6.45, 7) is 0.600. The fraction of sp³-hybridized carbons (Fsp3) is 0.545. The topological polar surface area (TPSA) is 66.3 Å². The van der Waals surface area contributed by atoms with Gasteiger partial charge in [0.05, 0.1) is 12.4 Å². The minimum absolute atomic E-state index is 0.292. The molecule has 1 aromatic rings. The van der Waals surface area contributed by atoms with Crippen LogP contribution in [-0.4, -0.2) is 33.6 Å². The molecular weight excluding hydrogens is 225 g/mol. The Hall–Kier alpha value is -1.72. The van der Waals surface area contributed by atoms with Gasteiger partial charge in [0.2, 0.25) is 5.95 Å². The summed E-state index contributed by atoms with van der Waals surface area (Å²) in [6.07, 6.45) is 5.50. The lowest BCUT2D eigenvalue weighted by Crippen LogP contribution is -2.41. The molecule has 17 heavy (non-hydrogen) atoms. The quantitative estimate of drug-likeness (QED) is 0.846. The monoisotopic (exact) mass is 239 g/mol. The van der Waals surface area contributed by atoms with E-state index in [4.69, 9.17) is 0 Å². The normalized spacial score (nSPS) is 21.0. The van der Waals surface area contributed by atoms with Crippen LogP contribution in [-0.2, 0) is 4.79 Å². The highest BCUT2D eigenvalue weighted by molar-refractivity contribution is 5.77. The average molecular weight is 239 g/mol. The summed E-state index contributed by atoms with van der Waals surface area (Å²) in [5.41, 5.74) is 0. The predicted octanol–water partition coefficient (Wildman–Crippen LogP) is 1.45. The molecule has 5 nitrogen and oxygen atoms in total. The van der Waals surface area contributed by atoms with Gasteiger partial charge < -0.3 is 10.0 Å². The maximum Gasteiger partial charge on any atom is 0.326 e. The molecule has 0 spiro atoms. The van der Waals surface area contributed by atoms with Crippen molar-refractivity contribution in [2.75, 3.05) is 11.4 Å². The summed E-state index contributed by atoms with van der Waals surface area (Å²) in [5, 5.41) is 9.18. The number of aliphatic carboxylic acids is 1. The summed E-state index contributed by atoms with van der Waals surface area (Å²) < 4.78 is 12.7. The Morgan fingerprint density at radius 1 is 1.35 bits per heavy atom. The third-order valence-corrected chi connectivity index (χ3v) is 2.90. The molecule has 0 bridgehead atoms. The first kappa shape index (κ1) is 11.8. The minimum Gasteiger partial charge on any atom is -0.480 e. The molecule has 2 heterocycles. The van der Waals surface area contributed by atoms with Gasteiger partial charge >= 0.3 is 5.97 Å². The first-order valence-electron chi connectivity index (χ1n) is 5.65. The van der Waals surface area contributed by atoms with Crippen LogP contribution < -0.4 is 4.90 Å². The highest BCUT2D eigenvalue weighted by Gasteiger charge is 2.28. The molecular formula is C11H14FN3O2. The molecule has 1 aromatic heterocycles. The van der Waals surface area contributed by atoms with E-state index in [2.05, 4.69) is 9.97 Å². The summed E-state index contributed by atoms with van der Waals surface area (Å²) in [4.78, 5) is 20.5. The number of anilines is 1. The fourth-order valence-electron chi connectivity index (χ4n) is 2.06. The molecule has 1 unspecified atom stereocenters. The van der Waals surface area contributed by atoms with Gasteiger partial charge in [-0.05, 0) is 12.8 Å². The van der Waals surface area contributed by atoms with E-state index in [1.807, 2.05) is 0 Å². The Bertz CT molecular complexity index is 396. The van der Waals surface area contributed by atoms with Crippen molar-refractivity contribution in [3.05, 3.63) is 18.2 Å². The van der Waals surface area contributed by atoms with Crippen molar-refractivity contribution in [2.24, 2.45) is 0 Å². The van der Waals surface area contributed by atoms with E-state index in [1.54, 1.807) is 4.90 Å². The van der Waals surface area contributed by atoms with Crippen molar-refractivity contribution in [2.45, 2.75) is 31.7 Å². The lowest BCUT2D eigenvalue weighted by Gasteiger charge is -2.26. The van der Waals surface area contributed by atoms with Gasteiger partial charge in [0.1, 0.15) is 6.04 Å². The lowest BCUT2D eigenvalue weighted by atomic mass is 10.1. The molecule has 1 aliphatic heterocycles. The van der Waals surface area contributed by atoms with Crippen molar-refractivity contribution in [3.63, 3.8) is 0 Å². The van der Waals surface area contributed by atoms with Gasteiger partial charge in [-0.3, -0.25) is 0 Å². The maximum absolute atomic E-state index is 12.7. The van der Waals surface area contributed by atoms with Crippen molar-refractivity contribution < 1.29 is 14.3 Å². The Morgan fingerprint density at radius 3 is 2.71 bits per heavy atom. The van der Waals surface area contributed by atoms with Gasteiger partial charge in [0, 0.05) is 6.54 Å². The number of carboxylic acids is 1. The van der Waals surface area contributed by atoms with Crippen LogP contribution in [0.5, 0.6) is 0 Å². The number of halogens is 1. The molecule has 1 saturated heterocycles. The molecule has 1 fully saturated rings. The summed E-state index contributed by atoms with van der Waals surface area (Å²) in [5.74, 6) is -1.10. The second-order valence-corrected chi connectivity index (χ2v) is 4.10. The standard InChI is InChI=1S/C11H14FN3O2/c12-8-6-13-11(14-7-8)15-5-3-1-2-4-9(15)10(16)17/h6-7,9H,1-5H2,(H,16,17). The van der Waals surface area contributed by atoms with Gasteiger partial charge in [-0.25, -0.2) is 19.2 Å². The van der Waals surface area contributed by atoms with Crippen LogP contribution in [0.4, 0.5) is 10.3 Å². The van der Waals surface area contributed by atoms with E-state index in [1.165, 1.54) is 0 Å². The lowest BCUT2D eigenvalue weighted by molar-refractivity contribution is -0.138. The van der Waals surface area contributed by atoms with E-state index in [0.29, 0.717) is 18.9 Å². The molecule has 0 amide bonds. The average Bonchev–Trinajstić information content (AvgIpc) is 2.55. The number of rotatable bonds is 2. The van der Waals surface area contributed by atoms with Gasteiger partial charge in [-0.1, -0.05) is 12.8 Å². The molecule has 0 radical (unpaired) electrons. The summed E-state index contributed by atoms with van der Waals surface area (Å²) >= 11 is 0. The van der Waals surface area contributed by atoms with E-state index in [0.717, 1.165) is 31.7 Å². The number of aromatic nitrogens is 2. The van der Waals surface area contributed by atoms with Crippen molar-refractivity contribution >= 4 is 11.9 Å². The van der Waals surface area contributed by atoms with Crippen molar-refractivity contribution in [1.29, 1.82) is 0 Å². The first-order chi connectivity index (χ1) is 8.18. The van der Waals surface area contributed by atoms with Crippen LogP contribution in [0.1, 0.15) is 25.7 Å². The third kappa shape index (κ3) is 2.69. The summed E-state index contributed by atoms with van der Waals surface area (Å²) in [6, 6.07) is -0.608. The third-order valence-electron chi connectivity index (χ3n) is 2.90. The fourth-order valence-corrected chi connectivity index (χ4v) is 2.06. The van der Waals surface area contributed by atoms with Crippen LogP contribution in [0.2, 0.25) is 0 Å². The van der Waals surface area contributed by atoms with E-state index in [9.17, 15) is 14.3 Å². The largest absolute Gasteiger partial charge is 0.480 e. The van der Waals surface area contributed by atoms with E-state index < -0.39 is 17.8 Å². The Morgan fingerprint density at radius 2 is 2.06 bits per heavy atom. The highest BCUT2D eigenvalue weighted by Crippen LogP contribution is 2.21.